The number of rotatable bonds is 4. The maximum Gasteiger partial charge on any atom is 0.0311 e. The zero-order chi connectivity index (χ0) is 22.9. The molecule has 0 saturated carbocycles. The molecule has 0 spiro atoms. The van der Waals surface area contributed by atoms with Gasteiger partial charge in [0.05, 0.1) is 0 Å². The van der Waals surface area contributed by atoms with Gasteiger partial charge in [0.15, 0.2) is 0 Å². The molecule has 0 aromatic heterocycles. The highest BCUT2D eigenvalue weighted by Gasteiger charge is 2.41. The highest BCUT2D eigenvalue weighted by Crippen LogP contribution is 2.40. The lowest BCUT2D eigenvalue weighted by Gasteiger charge is -2.50. The highest BCUT2D eigenvalue weighted by atomic mass is 15.2. The van der Waals surface area contributed by atoms with Crippen molar-refractivity contribution in [3.8, 4) is 0 Å². The van der Waals surface area contributed by atoms with E-state index in [0.29, 0.717) is 0 Å². The second kappa shape index (κ2) is 10.8. The van der Waals surface area contributed by atoms with Crippen molar-refractivity contribution >= 4 is 0 Å². The summed E-state index contributed by atoms with van der Waals surface area (Å²) in [7, 11) is 0. The van der Waals surface area contributed by atoms with Gasteiger partial charge in [0.25, 0.3) is 0 Å². The van der Waals surface area contributed by atoms with Crippen molar-refractivity contribution in [2.45, 2.75) is 146 Å². The zero-order valence-corrected chi connectivity index (χ0v) is 22.1. The smallest absolute Gasteiger partial charge is 0.0311 e. The molecule has 0 radical (unpaired) electrons. The largest absolute Gasteiger partial charge is 0.297 e. The maximum atomic E-state index is 3.00. The molecule has 6 aliphatic rings. The molecule has 0 bridgehead atoms. The topological polar surface area (TPSA) is 9.72 Å². The predicted molar refractivity (Wildman–Crippen MR) is 143 cm³/mol. The van der Waals surface area contributed by atoms with Gasteiger partial charge in [0.2, 0.25) is 0 Å². The van der Waals surface area contributed by atoms with Gasteiger partial charge in [-0.1, -0.05) is 55.9 Å². The molecule has 6 heterocycles. The monoisotopic (exact) mass is 465 g/mol. The Labute approximate surface area is 210 Å². The summed E-state index contributed by atoms with van der Waals surface area (Å²) < 4.78 is 0. The van der Waals surface area contributed by atoms with E-state index in [2.05, 4.69) is 39.9 Å². The molecular formula is C31H51N3. The molecule has 190 valence electrons. The molecule has 6 aliphatic heterocycles. The van der Waals surface area contributed by atoms with Crippen molar-refractivity contribution in [3.05, 3.63) is 23.8 Å². The molecule has 3 heteroatoms. The molecule has 0 aliphatic carbocycles. The first kappa shape index (κ1) is 23.7. The third-order valence-corrected chi connectivity index (χ3v) is 10.9. The second-order valence-electron chi connectivity index (χ2n) is 12.8. The SMILES string of the molecule is CC1CCCC2C(CC3CCCC4C(CC5CCCC6CCCCCN65)C=CCN34)=CCCN12. The van der Waals surface area contributed by atoms with E-state index < -0.39 is 0 Å². The Hall–Kier alpha value is -0.640. The summed E-state index contributed by atoms with van der Waals surface area (Å²) >= 11 is 0. The van der Waals surface area contributed by atoms with E-state index >= 15 is 0 Å². The molecule has 0 aromatic carbocycles. The van der Waals surface area contributed by atoms with Crippen molar-refractivity contribution in [2.75, 3.05) is 19.6 Å². The lowest BCUT2D eigenvalue weighted by Crippen LogP contribution is -2.55. The molecule has 3 nitrogen and oxygen atoms in total. The molecule has 6 rings (SSSR count). The number of piperidine rings is 3. The van der Waals surface area contributed by atoms with Crippen LogP contribution in [0.25, 0.3) is 0 Å². The van der Waals surface area contributed by atoms with Gasteiger partial charge in [-0.3, -0.25) is 14.7 Å². The summed E-state index contributed by atoms with van der Waals surface area (Å²) in [6, 6.07) is 4.90. The molecule has 0 amide bonds. The number of hydrogen-bond donors (Lipinski definition) is 0. The normalized spacial score (nSPS) is 42.3. The van der Waals surface area contributed by atoms with Crippen LogP contribution in [0.2, 0.25) is 0 Å². The number of nitrogens with zero attached hydrogens (tertiary/aromatic N) is 3. The van der Waals surface area contributed by atoms with Crippen LogP contribution < -0.4 is 0 Å². The quantitative estimate of drug-likeness (QED) is 0.436. The molecule has 4 saturated heterocycles. The van der Waals surface area contributed by atoms with Gasteiger partial charge >= 0.3 is 0 Å². The first-order valence-corrected chi connectivity index (χ1v) is 15.4. The van der Waals surface area contributed by atoms with Gasteiger partial charge in [-0.05, 0) is 90.0 Å². The lowest BCUT2D eigenvalue weighted by atomic mass is 9.77. The third kappa shape index (κ3) is 4.83. The van der Waals surface area contributed by atoms with Crippen molar-refractivity contribution < 1.29 is 0 Å². The summed E-state index contributed by atoms with van der Waals surface area (Å²) in [5.74, 6) is 0.787. The standard InChI is InChI=1S/C31H51N3/c1-24-10-5-17-30-25(11-8-20-32(24)30)23-29-16-7-18-31-26(12-9-21-34(29)31)22-28-15-6-14-27-13-3-2-4-19-33(27)28/h9,11-12,24,26-31H,2-8,10,13-23H2,1H3. The Bertz CT molecular complexity index is 743. The highest BCUT2D eigenvalue weighted by molar-refractivity contribution is 5.19. The summed E-state index contributed by atoms with van der Waals surface area (Å²) in [4.78, 5) is 8.84. The Balaban J connectivity index is 1.13. The van der Waals surface area contributed by atoms with Gasteiger partial charge in [-0.2, -0.15) is 0 Å². The van der Waals surface area contributed by atoms with Gasteiger partial charge in [-0.15, -0.1) is 0 Å². The fraction of sp³-hybridized carbons (Fsp3) is 0.871. The van der Waals surface area contributed by atoms with Crippen LogP contribution in [0.1, 0.15) is 110 Å². The van der Waals surface area contributed by atoms with E-state index in [1.807, 2.05) is 5.57 Å². The molecular weight excluding hydrogens is 414 g/mol. The van der Waals surface area contributed by atoms with Crippen LogP contribution in [0.4, 0.5) is 0 Å². The minimum absolute atomic E-state index is 0.760. The zero-order valence-electron chi connectivity index (χ0n) is 22.1. The minimum atomic E-state index is 0.760. The van der Waals surface area contributed by atoms with E-state index in [9.17, 15) is 0 Å². The van der Waals surface area contributed by atoms with Crippen molar-refractivity contribution in [1.82, 2.24) is 14.7 Å². The van der Waals surface area contributed by atoms with Crippen LogP contribution in [-0.2, 0) is 0 Å². The third-order valence-electron chi connectivity index (χ3n) is 10.9. The number of hydrogen-bond acceptors (Lipinski definition) is 3. The van der Waals surface area contributed by atoms with Gasteiger partial charge in [0, 0.05) is 49.3 Å². The first-order chi connectivity index (χ1) is 16.8. The molecule has 0 N–H and O–H groups in total. The van der Waals surface area contributed by atoms with E-state index in [4.69, 9.17) is 0 Å². The average molecular weight is 466 g/mol. The summed E-state index contributed by atoms with van der Waals surface area (Å²) in [5.41, 5.74) is 1.81. The summed E-state index contributed by atoms with van der Waals surface area (Å²) in [6.07, 6.45) is 30.8. The maximum absolute atomic E-state index is 3.00. The summed E-state index contributed by atoms with van der Waals surface area (Å²) in [6.45, 7) is 6.37. The van der Waals surface area contributed by atoms with Crippen LogP contribution in [0.5, 0.6) is 0 Å². The van der Waals surface area contributed by atoms with Crippen LogP contribution >= 0.6 is 0 Å². The van der Waals surface area contributed by atoms with Gasteiger partial charge in [0.1, 0.15) is 0 Å². The van der Waals surface area contributed by atoms with Crippen molar-refractivity contribution in [2.24, 2.45) is 5.92 Å². The number of fused-ring (bicyclic) bond motifs is 3. The summed E-state index contributed by atoms with van der Waals surface area (Å²) in [5, 5.41) is 0. The molecule has 7 atom stereocenters. The molecule has 34 heavy (non-hydrogen) atoms. The van der Waals surface area contributed by atoms with E-state index in [-0.39, 0.29) is 0 Å². The minimum Gasteiger partial charge on any atom is -0.297 e. The first-order valence-electron chi connectivity index (χ1n) is 15.4. The van der Waals surface area contributed by atoms with Crippen LogP contribution in [0.3, 0.4) is 0 Å². The fourth-order valence-corrected chi connectivity index (χ4v) is 9.21. The van der Waals surface area contributed by atoms with E-state index in [1.165, 1.54) is 122 Å². The van der Waals surface area contributed by atoms with Crippen molar-refractivity contribution in [1.29, 1.82) is 0 Å². The molecule has 0 aromatic rings. The second-order valence-corrected chi connectivity index (χ2v) is 12.8. The molecule has 7 unspecified atom stereocenters. The van der Waals surface area contributed by atoms with Gasteiger partial charge < -0.3 is 0 Å². The molecule has 4 fully saturated rings. The van der Waals surface area contributed by atoms with Crippen LogP contribution in [-0.4, -0.2) is 70.6 Å². The predicted octanol–water partition coefficient (Wildman–Crippen LogP) is 6.55. The average Bonchev–Trinajstić information content (AvgIpc) is 3.12. The van der Waals surface area contributed by atoms with E-state index in [0.717, 1.165) is 42.2 Å². The Kier molecular flexibility index (Phi) is 7.52. The Morgan fingerprint density at radius 1 is 0.765 bits per heavy atom. The van der Waals surface area contributed by atoms with E-state index in [1.54, 1.807) is 0 Å². The Morgan fingerprint density at radius 3 is 2.59 bits per heavy atom. The van der Waals surface area contributed by atoms with Crippen LogP contribution in [0.15, 0.2) is 23.8 Å². The fourth-order valence-electron chi connectivity index (χ4n) is 9.21. The van der Waals surface area contributed by atoms with Crippen molar-refractivity contribution in [3.63, 3.8) is 0 Å². The Morgan fingerprint density at radius 2 is 1.62 bits per heavy atom. The lowest BCUT2D eigenvalue weighted by molar-refractivity contribution is 0.0270. The van der Waals surface area contributed by atoms with Crippen LogP contribution in [0, 0.1) is 5.92 Å². The van der Waals surface area contributed by atoms with Gasteiger partial charge in [-0.25, -0.2) is 0 Å².